The first kappa shape index (κ1) is 22.7. The van der Waals surface area contributed by atoms with Gasteiger partial charge in [0.1, 0.15) is 5.75 Å². The monoisotopic (exact) mass is 461 g/mol. The van der Waals surface area contributed by atoms with Gasteiger partial charge in [-0.1, -0.05) is 47.8 Å². The van der Waals surface area contributed by atoms with Crippen molar-refractivity contribution in [3.63, 3.8) is 0 Å². The van der Waals surface area contributed by atoms with E-state index in [-0.39, 0.29) is 0 Å². The highest BCUT2D eigenvalue weighted by atomic mass is 35.5. The van der Waals surface area contributed by atoms with E-state index in [1.807, 2.05) is 18.2 Å². The topological polar surface area (TPSA) is 19.0 Å². The smallest absolute Gasteiger partial charge is 0.142 e. The average molecular weight is 462 g/mol. The molecule has 2 heterocycles. The summed E-state index contributed by atoms with van der Waals surface area (Å²) < 4.78 is 5.56. The Morgan fingerprint density at radius 3 is 2.32 bits per heavy atom. The van der Waals surface area contributed by atoms with Gasteiger partial charge in [-0.05, 0) is 62.2 Å². The van der Waals surface area contributed by atoms with E-state index < -0.39 is 0 Å². The van der Waals surface area contributed by atoms with Crippen LogP contribution in [0.4, 0.5) is 5.69 Å². The van der Waals surface area contributed by atoms with Crippen LogP contribution < -0.4 is 9.64 Å². The van der Waals surface area contributed by atoms with Crippen LogP contribution in [0.2, 0.25) is 10.0 Å². The van der Waals surface area contributed by atoms with E-state index in [1.165, 1.54) is 43.6 Å². The van der Waals surface area contributed by atoms with Gasteiger partial charge >= 0.3 is 0 Å². The Morgan fingerprint density at radius 1 is 0.871 bits per heavy atom. The minimum Gasteiger partial charge on any atom is -0.495 e. The summed E-state index contributed by atoms with van der Waals surface area (Å²) in [7, 11) is 1.75. The lowest BCUT2D eigenvalue weighted by Crippen LogP contribution is -2.47. The van der Waals surface area contributed by atoms with E-state index in [1.54, 1.807) is 7.11 Å². The van der Waals surface area contributed by atoms with Crippen LogP contribution in [-0.2, 0) is 0 Å². The summed E-state index contributed by atoms with van der Waals surface area (Å²) in [4.78, 5) is 7.69. The second-order valence-corrected chi connectivity index (χ2v) is 9.39. The van der Waals surface area contributed by atoms with Crippen molar-refractivity contribution in [3.05, 3.63) is 58.1 Å². The fourth-order valence-electron chi connectivity index (χ4n) is 4.92. The summed E-state index contributed by atoms with van der Waals surface area (Å²) in [5.41, 5.74) is 2.50. The summed E-state index contributed by atoms with van der Waals surface area (Å²) in [6.07, 6.45) is 5.03. The number of hydrogen-bond donors (Lipinski definition) is 0. The minimum atomic E-state index is 0.405. The van der Waals surface area contributed by atoms with Gasteiger partial charge in [0.2, 0.25) is 0 Å². The lowest BCUT2D eigenvalue weighted by molar-refractivity contribution is 0.137. The van der Waals surface area contributed by atoms with Crippen molar-refractivity contribution in [1.29, 1.82) is 0 Å². The first-order valence-electron chi connectivity index (χ1n) is 11.4. The molecule has 0 saturated carbocycles. The van der Waals surface area contributed by atoms with Gasteiger partial charge in [0.25, 0.3) is 0 Å². The predicted molar refractivity (Wildman–Crippen MR) is 131 cm³/mol. The number of methoxy groups -OCH3 is 1. The van der Waals surface area contributed by atoms with Gasteiger partial charge in [-0.25, -0.2) is 0 Å². The van der Waals surface area contributed by atoms with E-state index in [9.17, 15) is 0 Å². The lowest BCUT2D eigenvalue weighted by Gasteiger charge is -2.39. The molecule has 1 atom stereocenters. The summed E-state index contributed by atoms with van der Waals surface area (Å²) in [5, 5.41) is 1.29. The van der Waals surface area contributed by atoms with Crippen LogP contribution in [-0.4, -0.2) is 62.7 Å². The molecule has 0 amide bonds. The molecule has 2 aromatic carbocycles. The standard InChI is InChI=1S/C25H33Cl2N3O/c1-31-25-8-4-3-7-24(25)30-17-15-28(16-18-30)14-11-23(29-12-5-2-6-13-29)20-9-10-21(26)22(27)19-20/h3-4,7-10,19,23H,2,5-6,11-18H2,1H3. The molecule has 1 unspecified atom stereocenters. The molecule has 0 N–H and O–H groups in total. The highest BCUT2D eigenvalue weighted by molar-refractivity contribution is 6.42. The maximum Gasteiger partial charge on any atom is 0.142 e. The van der Waals surface area contributed by atoms with Gasteiger partial charge in [0.15, 0.2) is 0 Å². The Labute approximate surface area is 196 Å². The van der Waals surface area contributed by atoms with E-state index in [4.69, 9.17) is 27.9 Å². The largest absolute Gasteiger partial charge is 0.495 e. The van der Waals surface area contributed by atoms with Gasteiger partial charge in [0.05, 0.1) is 22.8 Å². The van der Waals surface area contributed by atoms with E-state index in [0.717, 1.165) is 44.9 Å². The molecular weight excluding hydrogens is 429 g/mol. The number of benzene rings is 2. The quantitative estimate of drug-likeness (QED) is 0.522. The molecule has 0 spiro atoms. The van der Waals surface area contributed by atoms with Crippen molar-refractivity contribution in [1.82, 2.24) is 9.80 Å². The molecule has 0 bridgehead atoms. The molecule has 31 heavy (non-hydrogen) atoms. The average Bonchev–Trinajstić information content (AvgIpc) is 2.82. The Kier molecular flexibility index (Phi) is 8.00. The maximum absolute atomic E-state index is 6.37. The van der Waals surface area contributed by atoms with Gasteiger partial charge in [0, 0.05) is 38.8 Å². The molecule has 2 aromatic rings. The SMILES string of the molecule is COc1ccccc1N1CCN(CCC(c2ccc(Cl)c(Cl)c2)N2CCCCC2)CC1. The zero-order chi connectivity index (χ0) is 21.6. The molecule has 0 aromatic heterocycles. The number of rotatable bonds is 7. The van der Waals surface area contributed by atoms with Crippen LogP contribution in [0, 0.1) is 0 Å². The van der Waals surface area contributed by atoms with Crippen molar-refractivity contribution in [2.24, 2.45) is 0 Å². The molecule has 2 aliphatic heterocycles. The Balaban J connectivity index is 1.38. The number of anilines is 1. The molecule has 6 heteroatoms. The summed E-state index contributed by atoms with van der Waals surface area (Å²) in [6.45, 7) is 7.65. The number of halogens is 2. The van der Waals surface area contributed by atoms with Crippen molar-refractivity contribution >= 4 is 28.9 Å². The fraction of sp³-hybridized carbons (Fsp3) is 0.520. The molecule has 168 valence electrons. The van der Waals surface area contributed by atoms with Crippen molar-refractivity contribution in [3.8, 4) is 5.75 Å². The van der Waals surface area contributed by atoms with Crippen molar-refractivity contribution < 1.29 is 4.74 Å². The third-order valence-electron chi connectivity index (χ3n) is 6.68. The number of ether oxygens (including phenoxy) is 1. The maximum atomic E-state index is 6.37. The molecule has 2 aliphatic rings. The number of piperazine rings is 1. The number of para-hydroxylation sites is 2. The first-order chi connectivity index (χ1) is 15.2. The highest BCUT2D eigenvalue weighted by Crippen LogP contribution is 2.33. The van der Waals surface area contributed by atoms with Crippen LogP contribution in [0.5, 0.6) is 5.75 Å². The summed E-state index contributed by atoms with van der Waals surface area (Å²) in [5.74, 6) is 0.959. The second-order valence-electron chi connectivity index (χ2n) is 8.58. The van der Waals surface area contributed by atoms with Crippen LogP contribution in [0.25, 0.3) is 0 Å². The Morgan fingerprint density at radius 2 is 1.61 bits per heavy atom. The molecular formula is C25H33Cl2N3O. The Hall–Kier alpha value is -1.46. The number of hydrogen-bond acceptors (Lipinski definition) is 4. The number of likely N-dealkylation sites (tertiary alicyclic amines) is 1. The van der Waals surface area contributed by atoms with Gasteiger partial charge in [-0.3, -0.25) is 9.80 Å². The van der Waals surface area contributed by atoms with Gasteiger partial charge in [-0.2, -0.15) is 0 Å². The van der Waals surface area contributed by atoms with Crippen LogP contribution >= 0.6 is 23.2 Å². The predicted octanol–water partition coefficient (Wildman–Crippen LogP) is 5.74. The second kappa shape index (κ2) is 10.9. The molecule has 0 aliphatic carbocycles. The van der Waals surface area contributed by atoms with Crippen molar-refractivity contribution in [2.75, 3.05) is 57.8 Å². The third kappa shape index (κ3) is 5.67. The van der Waals surface area contributed by atoms with E-state index in [0.29, 0.717) is 16.1 Å². The normalized spacial score (nSPS) is 19.4. The zero-order valence-electron chi connectivity index (χ0n) is 18.4. The van der Waals surface area contributed by atoms with E-state index >= 15 is 0 Å². The van der Waals surface area contributed by atoms with Crippen LogP contribution in [0.3, 0.4) is 0 Å². The molecule has 2 saturated heterocycles. The van der Waals surface area contributed by atoms with E-state index in [2.05, 4.69) is 39.0 Å². The summed E-state index contributed by atoms with van der Waals surface area (Å²) >= 11 is 12.6. The van der Waals surface area contributed by atoms with Crippen molar-refractivity contribution in [2.45, 2.75) is 31.7 Å². The summed E-state index contributed by atoms with van der Waals surface area (Å²) in [6, 6.07) is 14.9. The van der Waals surface area contributed by atoms with Crippen LogP contribution in [0.1, 0.15) is 37.3 Å². The highest BCUT2D eigenvalue weighted by Gasteiger charge is 2.25. The van der Waals surface area contributed by atoms with Gasteiger partial charge < -0.3 is 9.64 Å². The Bertz CT molecular complexity index is 848. The first-order valence-corrected chi connectivity index (χ1v) is 12.2. The number of piperidine rings is 1. The zero-order valence-corrected chi connectivity index (χ0v) is 19.9. The fourth-order valence-corrected chi connectivity index (χ4v) is 5.22. The molecule has 4 nitrogen and oxygen atoms in total. The molecule has 2 fully saturated rings. The molecule has 4 rings (SSSR count). The van der Waals surface area contributed by atoms with Crippen LogP contribution in [0.15, 0.2) is 42.5 Å². The lowest BCUT2D eigenvalue weighted by atomic mass is 9.98. The minimum absolute atomic E-state index is 0.405. The van der Waals surface area contributed by atoms with Gasteiger partial charge in [-0.15, -0.1) is 0 Å². The number of nitrogens with zero attached hydrogens (tertiary/aromatic N) is 3. The molecule has 0 radical (unpaired) electrons. The third-order valence-corrected chi connectivity index (χ3v) is 7.42.